The molecular formula is C15H11BrIN3O2. The van der Waals surface area contributed by atoms with Gasteiger partial charge >= 0.3 is 0 Å². The number of ether oxygens (including phenoxy) is 2. The zero-order valence-electron chi connectivity index (χ0n) is 11.3. The summed E-state index contributed by atoms with van der Waals surface area (Å²) in [6.45, 7) is 0.775. The molecule has 0 radical (unpaired) electrons. The van der Waals surface area contributed by atoms with Gasteiger partial charge in [-0.25, -0.2) is 4.98 Å². The van der Waals surface area contributed by atoms with Crippen molar-refractivity contribution in [1.29, 1.82) is 0 Å². The zero-order valence-corrected chi connectivity index (χ0v) is 15.1. The van der Waals surface area contributed by atoms with E-state index >= 15 is 0 Å². The van der Waals surface area contributed by atoms with Crippen LogP contribution in [0.5, 0.6) is 11.5 Å². The fraction of sp³-hybridized carbons (Fsp3) is 0.200. The Morgan fingerprint density at radius 1 is 1.23 bits per heavy atom. The Morgan fingerprint density at radius 2 is 2.05 bits per heavy atom. The summed E-state index contributed by atoms with van der Waals surface area (Å²) >= 11 is 5.70. The van der Waals surface area contributed by atoms with Crippen LogP contribution < -0.4 is 10.5 Å². The normalized spacial score (nSPS) is 22.5. The van der Waals surface area contributed by atoms with Crippen molar-refractivity contribution in [2.75, 3.05) is 13.2 Å². The summed E-state index contributed by atoms with van der Waals surface area (Å²) in [7, 11) is 0. The van der Waals surface area contributed by atoms with Crippen molar-refractivity contribution in [3.63, 3.8) is 0 Å². The number of nitrogens with zero attached hydrogens (tertiary/aromatic N) is 2. The van der Waals surface area contributed by atoms with E-state index in [1.807, 2.05) is 18.2 Å². The van der Waals surface area contributed by atoms with Gasteiger partial charge in [-0.2, -0.15) is 0 Å². The molecule has 5 nitrogen and oxygen atoms in total. The number of halogens is 2. The van der Waals surface area contributed by atoms with Crippen LogP contribution in [0.4, 0.5) is 0 Å². The molecule has 0 aliphatic carbocycles. The van der Waals surface area contributed by atoms with Crippen molar-refractivity contribution in [3.8, 4) is 11.5 Å². The number of pyridine rings is 1. The van der Waals surface area contributed by atoms with E-state index in [0.717, 1.165) is 25.0 Å². The van der Waals surface area contributed by atoms with Gasteiger partial charge in [0.25, 0.3) is 0 Å². The van der Waals surface area contributed by atoms with Crippen molar-refractivity contribution in [2.24, 2.45) is 10.7 Å². The highest BCUT2D eigenvalue weighted by molar-refractivity contribution is 14.1. The number of benzene rings is 1. The van der Waals surface area contributed by atoms with E-state index in [4.69, 9.17) is 20.2 Å². The summed E-state index contributed by atoms with van der Waals surface area (Å²) in [6.07, 6.45) is 1.70. The molecule has 1 spiro atoms. The molecule has 0 saturated heterocycles. The topological polar surface area (TPSA) is 69.7 Å². The maximum absolute atomic E-state index is 6.00. The Bertz CT molecular complexity index is 758. The number of rotatable bonds is 0. The van der Waals surface area contributed by atoms with Crippen molar-refractivity contribution < 1.29 is 9.47 Å². The highest BCUT2D eigenvalue weighted by Gasteiger charge is 2.45. The Labute approximate surface area is 149 Å². The fourth-order valence-electron chi connectivity index (χ4n) is 2.89. The monoisotopic (exact) mass is 471 g/mol. The lowest BCUT2D eigenvalue weighted by Crippen LogP contribution is -2.42. The van der Waals surface area contributed by atoms with Gasteiger partial charge in [0.15, 0.2) is 5.75 Å². The predicted octanol–water partition coefficient (Wildman–Crippen LogP) is 3.19. The van der Waals surface area contributed by atoms with Crippen LogP contribution in [0.3, 0.4) is 0 Å². The van der Waals surface area contributed by atoms with Crippen molar-refractivity contribution in [1.82, 2.24) is 4.98 Å². The van der Waals surface area contributed by atoms with Crippen LogP contribution in [-0.2, 0) is 10.3 Å². The average molecular weight is 472 g/mol. The van der Waals surface area contributed by atoms with E-state index in [9.17, 15) is 0 Å². The third-order valence-electron chi connectivity index (χ3n) is 3.78. The van der Waals surface area contributed by atoms with Gasteiger partial charge in [-0.15, -0.1) is 0 Å². The molecule has 7 heteroatoms. The van der Waals surface area contributed by atoms with E-state index in [-0.39, 0.29) is 0 Å². The average Bonchev–Trinajstić information content (AvgIpc) is 2.49. The molecule has 0 amide bonds. The SMILES string of the molecule is NC1=N[C@@]2(COC1)c1cc(I)ccc1Oc1cnc(Br)cc12. The summed E-state index contributed by atoms with van der Waals surface area (Å²) in [5, 5.41) is 0. The molecular weight excluding hydrogens is 461 g/mol. The van der Waals surface area contributed by atoms with Crippen molar-refractivity contribution >= 4 is 44.4 Å². The Hall–Kier alpha value is -1.19. The maximum atomic E-state index is 6.00. The van der Waals surface area contributed by atoms with Crippen LogP contribution in [0.25, 0.3) is 0 Å². The number of hydrogen-bond acceptors (Lipinski definition) is 5. The minimum atomic E-state index is -0.683. The molecule has 0 fully saturated rings. The van der Waals surface area contributed by atoms with E-state index < -0.39 is 5.54 Å². The van der Waals surface area contributed by atoms with Gasteiger partial charge in [-0.05, 0) is 62.8 Å². The lowest BCUT2D eigenvalue weighted by Gasteiger charge is -2.39. The van der Waals surface area contributed by atoms with Gasteiger partial charge in [0.05, 0.1) is 12.8 Å². The molecule has 0 bridgehead atoms. The van der Waals surface area contributed by atoms with Gasteiger partial charge in [0, 0.05) is 14.7 Å². The summed E-state index contributed by atoms with van der Waals surface area (Å²) in [5.74, 6) is 1.93. The maximum Gasteiger partial charge on any atom is 0.151 e. The van der Waals surface area contributed by atoms with E-state index in [1.54, 1.807) is 6.20 Å². The summed E-state index contributed by atoms with van der Waals surface area (Å²) in [5.41, 5.74) is 7.18. The molecule has 1 aromatic heterocycles. The van der Waals surface area contributed by atoms with Gasteiger partial charge in [0.2, 0.25) is 0 Å². The summed E-state index contributed by atoms with van der Waals surface area (Å²) in [4.78, 5) is 9.03. The molecule has 2 aliphatic heterocycles. The lowest BCUT2D eigenvalue weighted by molar-refractivity contribution is 0.109. The van der Waals surface area contributed by atoms with Crippen LogP contribution in [0, 0.1) is 3.57 Å². The zero-order chi connectivity index (χ0) is 15.3. The summed E-state index contributed by atoms with van der Waals surface area (Å²) < 4.78 is 13.5. The number of amidine groups is 1. The lowest BCUT2D eigenvalue weighted by atomic mass is 9.81. The molecule has 22 heavy (non-hydrogen) atoms. The second-order valence-corrected chi connectivity index (χ2v) is 7.26. The molecule has 1 atom stereocenters. The molecule has 112 valence electrons. The second-order valence-electron chi connectivity index (χ2n) is 5.20. The largest absolute Gasteiger partial charge is 0.455 e. The minimum absolute atomic E-state index is 0.351. The van der Waals surface area contributed by atoms with Crippen LogP contribution in [0.15, 0.2) is 40.1 Å². The van der Waals surface area contributed by atoms with E-state index in [1.165, 1.54) is 0 Å². The van der Waals surface area contributed by atoms with E-state index in [2.05, 4.69) is 49.6 Å². The molecule has 4 rings (SSSR count). The highest BCUT2D eigenvalue weighted by Crippen LogP contribution is 2.50. The standard InChI is InChI=1S/C15H11BrIN3O2/c16-13-4-10-12(5-19-13)22-11-2-1-8(17)3-9(11)15(10)7-21-6-14(18)20-15/h1-5H,6-7H2,(H2,18,20)/t15-/m0/s1. The second kappa shape index (κ2) is 5.17. The van der Waals surface area contributed by atoms with Gasteiger partial charge in [-0.3, -0.25) is 4.99 Å². The fourth-order valence-corrected chi connectivity index (χ4v) is 3.71. The number of hydrogen-bond donors (Lipinski definition) is 1. The Morgan fingerprint density at radius 3 is 2.86 bits per heavy atom. The molecule has 2 aliphatic rings. The molecule has 2 N–H and O–H groups in total. The first-order valence-corrected chi connectivity index (χ1v) is 8.51. The van der Waals surface area contributed by atoms with E-state index in [0.29, 0.717) is 24.8 Å². The van der Waals surface area contributed by atoms with Crippen molar-refractivity contribution in [3.05, 3.63) is 49.8 Å². The minimum Gasteiger partial charge on any atom is -0.455 e. The highest BCUT2D eigenvalue weighted by atomic mass is 127. The first-order chi connectivity index (χ1) is 10.6. The molecule has 0 saturated carbocycles. The number of nitrogens with two attached hydrogens (primary N) is 1. The number of aromatic nitrogens is 1. The Balaban J connectivity index is 2.05. The van der Waals surface area contributed by atoms with Gasteiger partial charge in [0.1, 0.15) is 28.3 Å². The van der Waals surface area contributed by atoms with Crippen molar-refractivity contribution in [2.45, 2.75) is 5.54 Å². The first-order valence-electron chi connectivity index (χ1n) is 6.64. The third-order valence-corrected chi connectivity index (χ3v) is 4.89. The van der Waals surface area contributed by atoms with Crippen LogP contribution in [0.1, 0.15) is 11.1 Å². The molecule has 3 heterocycles. The number of fused-ring (bicyclic) bond motifs is 4. The first kappa shape index (κ1) is 14.4. The van der Waals surface area contributed by atoms with Gasteiger partial charge in [-0.1, -0.05) is 0 Å². The Kier molecular flexibility index (Phi) is 3.39. The van der Waals surface area contributed by atoms with Crippen LogP contribution >= 0.6 is 38.5 Å². The van der Waals surface area contributed by atoms with Crippen LogP contribution in [-0.4, -0.2) is 24.0 Å². The smallest absolute Gasteiger partial charge is 0.151 e. The number of aliphatic imine (C=N–C) groups is 1. The van der Waals surface area contributed by atoms with Gasteiger partial charge < -0.3 is 15.2 Å². The summed E-state index contributed by atoms with van der Waals surface area (Å²) in [6, 6.07) is 7.94. The predicted molar refractivity (Wildman–Crippen MR) is 94.4 cm³/mol. The molecule has 2 aromatic rings. The quantitative estimate of drug-likeness (QED) is 0.473. The molecule has 1 aromatic carbocycles. The third kappa shape index (κ3) is 2.14. The van der Waals surface area contributed by atoms with Crippen LogP contribution in [0.2, 0.25) is 0 Å². The molecule has 0 unspecified atom stereocenters.